The summed E-state index contributed by atoms with van der Waals surface area (Å²) < 4.78 is 0. The Morgan fingerprint density at radius 1 is 0.931 bits per heavy atom. The largest absolute Gasteiger partial charge is 0.336 e. The summed E-state index contributed by atoms with van der Waals surface area (Å²) in [5.41, 5.74) is 1.74. The average molecular weight is 410 g/mol. The molecule has 1 fully saturated rings. The fourth-order valence-electron chi connectivity index (χ4n) is 3.54. The zero-order valence-corrected chi connectivity index (χ0v) is 16.5. The van der Waals surface area contributed by atoms with E-state index in [9.17, 15) is 14.4 Å². The molecule has 3 aromatic rings. The lowest BCUT2D eigenvalue weighted by molar-refractivity contribution is 0.0624. The predicted octanol–water partition coefficient (Wildman–Crippen LogP) is 2.82. The van der Waals surface area contributed by atoms with Crippen molar-refractivity contribution in [2.75, 3.05) is 32.7 Å². The maximum Gasteiger partial charge on any atom is 0.253 e. The van der Waals surface area contributed by atoms with Crippen LogP contribution in [0.15, 0.2) is 59.4 Å². The minimum atomic E-state index is -0.165. The lowest BCUT2D eigenvalue weighted by Crippen LogP contribution is -2.49. The summed E-state index contributed by atoms with van der Waals surface area (Å²) in [5.74, 6) is -0.0188. The van der Waals surface area contributed by atoms with Crippen LogP contribution in [-0.2, 0) is 0 Å². The monoisotopic (exact) mass is 409 g/mol. The van der Waals surface area contributed by atoms with Crippen LogP contribution in [0.25, 0.3) is 10.9 Å². The highest BCUT2D eigenvalue weighted by atomic mass is 35.5. The van der Waals surface area contributed by atoms with E-state index in [1.165, 1.54) is 6.07 Å². The van der Waals surface area contributed by atoms with Gasteiger partial charge in [0.2, 0.25) is 5.56 Å². The van der Waals surface area contributed by atoms with Gasteiger partial charge in [-0.3, -0.25) is 19.3 Å². The summed E-state index contributed by atoms with van der Waals surface area (Å²) in [4.78, 5) is 43.3. The number of Topliss-reactive ketones (excluding diaryl/α,β-unsaturated/α-hetero) is 1. The standard InChI is InChI=1S/C22H20ClN3O3/c23-18-3-1-2-17(13-18)22(29)26-10-8-25(9-11-26)14-20(27)16-4-6-19-15(12-16)5-7-21(28)24-19/h1-7,12-13H,8-11,14H2,(H,24,28). The maximum absolute atomic E-state index is 12.7. The average Bonchev–Trinajstić information content (AvgIpc) is 2.73. The van der Waals surface area contributed by atoms with Crippen LogP contribution in [0.4, 0.5) is 0 Å². The molecule has 0 bridgehead atoms. The SMILES string of the molecule is O=C(CN1CCN(C(=O)c2cccc(Cl)c2)CC1)c1ccc2[nH]c(=O)ccc2c1. The van der Waals surface area contributed by atoms with E-state index in [0.29, 0.717) is 54.4 Å². The lowest BCUT2D eigenvalue weighted by atomic mass is 10.1. The first-order valence-electron chi connectivity index (χ1n) is 9.43. The van der Waals surface area contributed by atoms with Crippen molar-refractivity contribution in [2.24, 2.45) is 0 Å². The molecule has 0 atom stereocenters. The number of benzene rings is 2. The van der Waals surface area contributed by atoms with E-state index in [4.69, 9.17) is 11.6 Å². The lowest BCUT2D eigenvalue weighted by Gasteiger charge is -2.34. The van der Waals surface area contributed by atoms with Gasteiger partial charge in [-0.15, -0.1) is 0 Å². The number of carbonyl (C=O) groups is 2. The van der Waals surface area contributed by atoms with Gasteiger partial charge in [0, 0.05) is 53.9 Å². The van der Waals surface area contributed by atoms with Crippen molar-refractivity contribution in [1.82, 2.24) is 14.8 Å². The normalized spacial score (nSPS) is 14.9. The summed E-state index contributed by atoms with van der Waals surface area (Å²) >= 11 is 5.98. The van der Waals surface area contributed by atoms with Gasteiger partial charge in [0.1, 0.15) is 0 Å². The summed E-state index contributed by atoms with van der Waals surface area (Å²) in [6.45, 7) is 2.71. The summed E-state index contributed by atoms with van der Waals surface area (Å²) in [6, 6.07) is 15.4. The Kier molecular flexibility index (Phi) is 5.47. The van der Waals surface area contributed by atoms with E-state index in [0.717, 1.165) is 5.39 Å². The van der Waals surface area contributed by atoms with Gasteiger partial charge in [-0.05, 0) is 47.9 Å². The zero-order valence-electron chi connectivity index (χ0n) is 15.7. The maximum atomic E-state index is 12.7. The summed E-state index contributed by atoms with van der Waals surface area (Å²) in [6.07, 6.45) is 0. The minimum Gasteiger partial charge on any atom is -0.336 e. The first-order chi connectivity index (χ1) is 14.0. The van der Waals surface area contributed by atoms with E-state index < -0.39 is 0 Å². The van der Waals surface area contributed by atoms with E-state index >= 15 is 0 Å². The Morgan fingerprint density at radius 2 is 1.72 bits per heavy atom. The molecule has 0 aliphatic carbocycles. The number of carbonyl (C=O) groups excluding carboxylic acids is 2. The van der Waals surface area contributed by atoms with Crippen molar-refractivity contribution in [1.29, 1.82) is 0 Å². The summed E-state index contributed by atoms with van der Waals surface area (Å²) in [7, 11) is 0. The number of H-pyrrole nitrogens is 1. The van der Waals surface area contributed by atoms with Gasteiger partial charge in [-0.2, -0.15) is 0 Å². The molecule has 7 heteroatoms. The molecule has 0 spiro atoms. The Balaban J connectivity index is 1.37. The molecule has 2 aromatic carbocycles. The fraction of sp³-hybridized carbons (Fsp3) is 0.227. The molecule has 1 N–H and O–H groups in total. The molecule has 1 aromatic heterocycles. The third kappa shape index (κ3) is 4.39. The first-order valence-corrected chi connectivity index (χ1v) is 9.81. The van der Waals surface area contributed by atoms with Crippen molar-refractivity contribution in [3.63, 3.8) is 0 Å². The molecule has 1 saturated heterocycles. The highest BCUT2D eigenvalue weighted by Gasteiger charge is 2.23. The highest BCUT2D eigenvalue weighted by molar-refractivity contribution is 6.30. The van der Waals surface area contributed by atoms with Crippen molar-refractivity contribution in [3.8, 4) is 0 Å². The Labute approximate surface area is 172 Å². The number of nitrogens with one attached hydrogen (secondary N) is 1. The van der Waals surface area contributed by atoms with Crippen LogP contribution in [0.2, 0.25) is 5.02 Å². The van der Waals surface area contributed by atoms with Crippen LogP contribution in [0.3, 0.4) is 0 Å². The van der Waals surface area contributed by atoms with Crippen LogP contribution < -0.4 is 5.56 Å². The van der Waals surface area contributed by atoms with Gasteiger partial charge in [0.25, 0.3) is 5.91 Å². The van der Waals surface area contributed by atoms with Crippen molar-refractivity contribution in [2.45, 2.75) is 0 Å². The zero-order chi connectivity index (χ0) is 20.4. The molecule has 29 heavy (non-hydrogen) atoms. The number of aromatic nitrogens is 1. The number of fused-ring (bicyclic) bond motifs is 1. The molecule has 1 aliphatic heterocycles. The van der Waals surface area contributed by atoms with Crippen LogP contribution in [0, 0.1) is 0 Å². The number of rotatable bonds is 4. The quantitative estimate of drug-likeness (QED) is 0.672. The molecular weight excluding hydrogens is 390 g/mol. The predicted molar refractivity (Wildman–Crippen MR) is 113 cm³/mol. The van der Waals surface area contributed by atoms with Crippen LogP contribution in [0.1, 0.15) is 20.7 Å². The third-order valence-electron chi connectivity index (χ3n) is 5.14. The number of ketones is 1. The van der Waals surface area contributed by atoms with Crippen molar-refractivity contribution >= 4 is 34.2 Å². The fourth-order valence-corrected chi connectivity index (χ4v) is 3.73. The Hall–Kier alpha value is -2.96. The molecular formula is C22H20ClN3O3. The Bertz CT molecular complexity index is 1130. The number of halogens is 1. The molecule has 1 aliphatic rings. The van der Waals surface area contributed by atoms with Crippen LogP contribution in [-0.4, -0.2) is 59.2 Å². The van der Waals surface area contributed by atoms with E-state index in [1.54, 1.807) is 53.4 Å². The molecule has 0 radical (unpaired) electrons. The number of piperazine rings is 1. The topological polar surface area (TPSA) is 73.5 Å². The van der Waals surface area contributed by atoms with E-state index in [2.05, 4.69) is 9.88 Å². The first kappa shape index (κ1) is 19.4. The minimum absolute atomic E-state index is 0.0210. The molecule has 6 nitrogen and oxygen atoms in total. The number of pyridine rings is 1. The number of hydrogen-bond donors (Lipinski definition) is 1. The second-order valence-electron chi connectivity index (χ2n) is 7.13. The number of amides is 1. The molecule has 2 heterocycles. The molecule has 4 rings (SSSR count). The number of nitrogens with zero attached hydrogens (tertiary/aromatic N) is 2. The van der Waals surface area contributed by atoms with Gasteiger partial charge in [0.15, 0.2) is 5.78 Å². The van der Waals surface area contributed by atoms with E-state index in [-0.39, 0.29) is 17.2 Å². The van der Waals surface area contributed by atoms with Crippen LogP contribution >= 0.6 is 11.6 Å². The molecule has 1 amide bonds. The van der Waals surface area contributed by atoms with Gasteiger partial charge in [0.05, 0.1) is 6.54 Å². The van der Waals surface area contributed by atoms with Crippen molar-refractivity contribution < 1.29 is 9.59 Å². The second-order valence-corrected chi connectivity index (χ2v) is 7.56. The van der Waals surface area contributed by atoms with Gasteiger partial charge < -0.3 is 9.88 Å². The van der Waals surface area contributed by atoms with Crippen molar-refractivity contribution in [3.05, 3.63) is 81.1 Å². The molecule has 0 unspecified atom stereocenters. The van der Waals surface area contributed by atoms with Gasteiger partial charge in [-0.25, -0.2) is 0 Å². The number of hydrogen-bond acceptors (Lipinski definition) is 4. The van der Waals surface area contributed by atoms with Crippen LogP contribution in [0.5, 0.6) is 0 Å². The summed E-state index contributed by atoms with van der Waals surface area (Å²) in [5, 5.41) is 1.37. The highest BCUT2D eigenvalue weighted by Crippen LogP contribution is 2.16. The van der Waals surface area contributed by atoms with Gasteiger partial charge in [-0.1, -0.05) is 17.7 Å². The smallest absolute Gasteiger partial charge is 0.253 e. The third-order valence-corrected chi connectivity index (χ3v) is 5.38. The second kappa shape index (κ2) is 8.19. The molecule has 0 saturated carbocycles. The Morgan fingerprint density at radius 3 is 2.48 bits per heavy atom. The van der Waals surface area contributed by atoms with E-state index in [1.807, 2.05) is 0 Å². The number of aromatic amines is 1. The molecule has 148 valence electrons. The van der Waals surface area contributed by atoms with Gasteiger partial charge >= 0.3 is 0 Å².